The number of hydrogen-bond donors (Lipinski definition) is 3. The molecule has 0 bridgehead atoms. The zero-order valence-corrected chi connectivity index (χ0v) is 18.0. The zero-order chi connectivity index (χ0) is 20.9. The molecule has 4 heteroatoms. The van der Waals surface area contributed by atoms with Crippen LogP contribution in [-0.2, 0) is 4.79 Å². The van der Waals surface area contributed by atoms with E-state index in [1.54, 1.807) is 17.1 Å². The molecule has 1 amide bonds. The van der Waals surface area contributed by atoms with Crippen LogP contribution in [0.1, 0.15) is 78.1 Å². The summed E-state index contributed by atoms with van der Waals surface area (Å²) in [6, 6.07) is 0. The standard InChI is InChI=1S/C25H37NO3/c1-18(9-15-24(28)26-29)8-12-21-13-14-23-20(6-4-16-25(21,23)2)11-10-19-5-3-7-22(27)17-19/h8-11,15,21-23,27,29H,3-7,12-14,16-17H2,1-2H3,(H,26,28)/b15-9+,18-8+,19-10-,20-11+. The van der Waals surface area contributed by atoms with Gasteiger partial charge in [-0.2, -0.15) is 0 Å². The Labute approximate surface area is 175 Å². The number of hydroxylamine groups is 1. The van der Waals surface area contributed by atoms with Gasteiger partial charge in [0.05, 0.1) is 6.10 Å². The van der Waals surface area contributed by atoms with E-state index >= 15 is 0 Å². The van der Waals surface area contributed by atoms with Crippen LogP contribution >= 0.6 is 0 Å². The van der Waals surface area contributed by atoms with E-state index in [9.17, 15) is 9.90 Å². The third-order valence-corrected chi connectivity index (χ3v) is 7.56. The minimum absolute atomic E-state index is 0.145. The predicted octanol–water partition coefficient (Wildman–Crippen LogP) is 5.39. The number of aliphatic hydroxyl groups is 1. The van der Waals surface area contributed by atoms with Crippen LogP contribution in [-0.4, -0.2) is 22.3 Å². The molecule has 0 aromatic carbocycles. The first-order valence-corrected chi connectivity index (χ1v) is 11.3. The fourth-order valence-electron chi connectivity index (χ4n) is 5.82. The Morgan fingerprint density at radius 3 is 2.76 bits per heavy atom. The maximum absolute atomic E-state index is 11.1. The van der Waals surface area contributed by atoms with Gasteiger partial charge in [-0.05, 0) is 88.4 Å². The van der Waals surface area contributed by atoms with Crippen molar-refractivity contribution in [1.29, 1.82) is 0 Å². The first-order valence-electron chi connectivity index (χ1n) is 11.3. The van der Waals surface area contributed by atoms with E-state index in [1.807, 2.05) is 6.92 Å². The summed E-state index contributed by atoms with van der Waals surface area (Å²) in [5.74, 6) is 0.860. The van der Waals surface area contributed by atoms with Crippen LogP contribution < -0.4 is 5.48 Å². The molecular weight excluding hydrogens is 362 g/mol. The predicted molar refractivity (Wildman–Crippen MR) is 116 cm³/mol. The highest BCUT2D eigenvalue weighted by atomic mass is 16.5. The van der Waals surface area contributed by atoms with Crippen molar-refractivity contribution < 1.29 is 15.1 Å². The van der Waals surface area contributed by atoms with Crippen LogP contribution in [0.15, 0.2) is 47.1 Å². The number of nitrogens with one attached hydrogen (secondary N) is 1. The second-order valence-electron chi connectivity index (χ2n) is 9.50. The largest absolute Gasteiger partial charge is 0.393 e. The van der Waals surface area contributed by atoms with Crippen molar-refractivity contribution in [3.63, 3.8) is 0 Å². The lowest BCUT2D eigenvalue weighted by Gasteiger charge is -2.42. The molecule has 3 aliphatic carbocycles. The molecule has 0 saturated heterocycles. The number of amides is 1. The topological polar surface area (TPSA) is 69.6 Å². The summed E-state index contributed by atoms with van der Waals surface area (Å²) in [6.45, 7) is 4.49. The molecular formula is C25H37NO3. The number of rotatable bonds is 5. The number of allylic oxidation sites excluding steroid dienone is 6. The van der Waals surface area contributed by atoms with Crippen LogP contribution in [0.5, 0.6) is 0 Å². The minimum atomic E-state index is -0.493. The highest BCUT2D eigenvalue weighted by Gasteiger charge is 2.48. The van der Waals surface area contributed by atoms with Crippen molar-refractivity contribution in [3.8, 4) is 0 Å². The smallest absolute Gasteiger partial charge is 0.267 e. The van der Waals surface area contributed by atoms with Gasteiger partial charge >= 0.3 is 0 Å². The lowest BCUT2D eigenvalue weighted by atomic mass is 9.63. The van der Waals surface area contributed by atoms with Gasteiger partial charge in [-0.25, -0.2) is 5.48 Å². The van der Waals surface area contributed by atoms with Crippen molar-refractivity contribution in [2.75, 3.05) is 0 Å². The summed E-state index contributed by atoms with van der Waals surface area (Å²) in [4.78, 5) is 11.1. The monoisotopic (exact) mass is 399 g/mol. The maximum atomic E-state index is 11.1. The molecule has 0 aromatic heterocycles. The maximum Gasteiger partial charge on any atom is 0.267 e. The van der Waals surface area contributed by atoms with Crippen LogP contribution in [0.3, 0.4) is 0 Å². The molecule has 4 atom stereocenters. The SMILES string of the molecule is CC(/C=C/C(=O)NO)=C\CC1CCC2/C(=C/C=C3/CCCC(O)C3)CCCC12C. The Morgan fingerprint density at radius 2 is 2.00 bits per heavy atom. The second-order valence-corrected chi connectivity index (χ2v) is 9.50. The van der Waals surface area contributed by atoms with Crippen molar-refractivity contribution in [3.05, 3.63) is 47.1 Å². The zero-order valence-electron chi connectivity index (χ0n) is 18.0. The lowest BCUT2D eigenvalue weighted by Crippen LogP contribution is -2.33. The van der Waals surface area contributed by atoms with Crippen LogP contribution in [0.2, 0.25) is 0 Å². The molecule has 4 unspecified atom stereocenters. The first-order chi connectivity index (χ1) is 13.9. The number of carbonyl (C=O) groups excluding carboxylic acids is 1. The van der Waals surface area contributed by atoms with E-state index in [-0.39, 0.29) is 6.10 Å². The van der Waals surface area contributed by atoms with E-state index in [4.69, 9.17) is 5.21 Å². The Bertz CT molecular complexity index is 718. The molecule has 3 N–H and O–H groups in total. The average Bonchev–Trinajstić information content (AvgIpc) is 3.05. The minimum Gasteiger partial charge on any atom is -0.393 e. The van der Waals surface area contributed by atoms with Gasteiger partial charge in [0.1, 0.15) is 0 Å². The summed E-state index contributed by atoms with van der Waals surface area (Å²) < 4.78 is 0. The Balaban J connectivity index is 1.66. The molecule has 3 saturated carbocycles. The molecule has 3 aliphatic rings. The third kappa shape index (κ3) is 5.49. The van der Waals surface area contributed by atoms with Crippen molar-refractivity contribution in [1.82, 2.24) is 5.48 Å². The molecule has 160 valence electrons. The van der Waals surface area contributed by atoms with Gasteiger partial charge in [0.15, 0.2) is 0 Å². The fourth-order valence-corrected chi connectivity index (χ4v) is 5.82. The van der Waals surface area contributed by atoms with Gasteiger partial charge in [-0.3, -0.25) is 10.0 Å². The van der Waals surface area contributed by atoms with Crippen LogP contribution in [0.4, 0.5) is 0 Å². The highest BCUT2D eigenvalue weighted by Crippen LogP contribution is 2.58. The lowest BCUT2D eigenvalue weighted by molar-refractivity contribution is -0.124. The Kier molecular flexibility index (Phi) is 7.53. The Hall–Kier alpha value is -1.65. The molecule has 3 fully saturated rings. The molecule has 3 rings (SSSR count). The summed E-state index contributed by atoms with van der Waals surface area (Å²) in [5, 5.41) is 18.5. The molecule has 0 aliphatic heterocycles. The average molecular weight is 400 g/mol. The van der Waals surface area contributed by atoms with Gasteiger partial charge in [0, 0.05) is 6.08 Å². The number of aliphatic hydroxyl groups excluding tert-OH is 1. The third-order valence-electron chi connectivity index (χ3n) is 7.56. The van der Waals surface area contributed by atoms with E-state index in [2.05, 4.69) is 25.2 Å². The molecule has 0 spiro atoms. The van der Waals surface area contributed by atoms with Gasteiger partial charge in [-0.1, -0.05) is 47.9 Å². The van der Waals surface area contributed by atoms with Crippen molar-refractivity contribution in [2.24, 2.45) is 17.3 Å². The quantitative estimate of drug-likeness (QED) is 0.251. The number of fused-ring (bicyclic) bond motifs is 1. The van der Waals surface area contributed by atoms with Crippen LogP contribution in [0.25, 0.3) is 0 Å². The van der Waals surface area contributed by atoms with Crippen LogP contribution in [0, 0.1) is 17.3 Å². The summed E-state index contributed by atoms with van der Waals surface area (Å²) in [7, 11) is 0. The first kappa shape index (κ1) is 22.0. The summed E-state index contributed by atoms with van der Waals surface area (Å²) >= 11 is 0. The van der Waals surface area contributed by atoms with Crippen molar-refractivity contribution >= 4 is 5.91 Å². The molecule has 0 aromatic rings. The molecule has 29 heavy (non-hydrogen) atoms. The fraction of sp³-hybridized carbons (Fsp3) is 0.640. The van der Waals surface area contributed by atoms with E-state index < -0.39 is 5.91 Å². The normalized spacial score (nSPS) is 36.0. The van der Waals surface area contributed by atoms with Gasteiger partial charge < -0.3 is 5.11 Å². The summed E-state index contributed by atoms with van der Waals surface area (Å²) in [5.41, 5.74) is 6.08. The highest BCUT2D eigenvalue weighted by molar-refractivity contribution is 5.86. The van der Waals surface area contributed by atoms with Gasteiger partial charge in [-0.15, -0.1) is 0 Å². The molecule has 0 heterocycles. The molecule has 4 nitrogen and oxygen atoms in total. The van der Waals surface area contributed by atoms with E-state index in [0.717, 1.165) is 37.7 Å². The van der Waals surface area contributed by atoms with Gasteiger partial charge in [0.2, 0.25) is 0 Å². The number of carbonyl (C=O) groups is 1. The second kappa shape index (κ2) is 9.90. The van der Waals surface area contributed by atoms with E-state index in [0.29, 0.717) is 17.3 Å². The van der Waals surface area contributed by atoms with E-state index in [1.165, 1.54) is 43.8 Å². The Morgan fingerprint density at radius 1 is 1.17 bits per heavy atom. The number of hydrogen-bond acceptors (Lipinski definition) is 3. The molecule has 0 radical (unpaired) electrons. The van der Waals surface area contributed by atoms with Crippen molar-refractivity contribution in [2.45, 2.75) is 84.2 Å². The van der Waals surface area contributed by atoms with Gasteiger partial charge in [0.25, 0.3) is 5.91 Å². The summed E-state index contributed by atoms with van der Waals surface area (Å²) in [6.07, 6.45) is 21.3.